The van der Waals surface area contributed by atoms with Crippen LogP contribution in [0.4, 0.5) is 0 Å². The molecule has 0 aliphatic heterocycles. The Bertz CT molecular complexity index is 577. The number of hydrogen-bond acceptors (Lipinski definition) is 2. The molecule has 17 heavy (non-hydrogen) atoms. The van der Waals surface area contributed by atoms with Crippen molar-refractivity contribution in [1.29, 1.82) is 0 Å². The van der Waals surface area contributed by atoms with Crippen LogP contribution in [0.1, 0.15) is 31.4 Å². The molecule has 1 aliphatic rings. The van der Waals surface area contributed by atoms with E-state index in [1.807, 2.05) is 18.2 Å². The Morgan fingerprint density at radius 1 is 1.18 bits per heavy atom. The number of hydrogen-bond donors (Lipinski definition) is 0. The van der Waals surface area contributed by atoms with Gasteiger partial charge in [-0.3, -0.25) is 4.79 Å². The van der Waals surface area contributed by atoms with Gasteiger partial charge in [0.15, 0.2) is 5.58 Å². The molecule has 0 unspecified atom stereocenters. The van der Waals surface area contributed by atoms with E-state index in [2.05, 4.69) is 0 Å². The van der Waals surface area contributed by atoms with Crippen molar-refractivity contribution in [2.24, 2.45) is 5.92 Å². The molecule has 1 aromatic carbocycles. The highest BCUT2D eigenvalue weighted by Crippen LogP contribution is 2.29. The van der Waals surface area contributed by atoms with Crippen LogP contribution in [0.15, 0.2) is 39.5 Å². The SMILES string of the molecule is O=c1ccccc2cc(CC3CCCC3)oc12. The summed E-state index contributed by atoms with van der Waals surface area (Å²) in [6, 6.07) is 9.17. The summed E-state index contributed by atoms with van der Waals surface area (Å²) in [4.78, 5) is 11.7. The van der Waals surface area contributed by atoms with Crippen LogP contribution in [0, 0.1) is 5.92 Å². The van der Waals surface area contributed by atoms with E-state index in [1.54, 1.807) is 12.1 Å². The molecule has 0 spiro atoms. The highest BCUT2D eigenvalue weighted by molar-refractivity contribution is 5.76. The quantitative estimate of drug-likeness (QED) is 0.787. The molecule has 1 fully saturated rings. The first-order valence-electron chi connectivity index (χ1n) is 6.35. The minimum Gasteiger partial charge on any atom is -0.457 e. The molecule has 0 amide bonds. The van der Waals surface area contributed by atoms with Gasteiger partial charge in [0.2, 0.25) is 5.43 Å². The first kappa shape index (κ1) is 10.6. The number of furan rings is 1. The second kappa shape index (κ2) is 4.36. The van der Waals surface area contributed by atoms with Gasteiger partial charge in [-0.15, -0.1) is 0 Å². The van der Waals surface area contributed by atoms with Crippen LogP contribution in [0.3, 0.4) is 0 Å². The zero-order chi connectivity index (χ0) is 11.7. The lowest BCUT2D eigenvalue weighted by atomic mass is 10.0. The van der Waals surface area contributed by atoms with Crippen molar-refractivity contribution in [2.45, 2.75) is 32.1 Å². The summed E-state index contributed by atoms with van der Waals surface area (Å²) in [5, 5.41) is 0.924. The largest absolute Gasteiger partial charge is 0.457 e. The Morgan fingerprint density at radius 2 is 1.94 bits per heavy atom. The van der Waals surface area contributed by atoms with E-state index in [1.165, 1.54) is 25.7 Å². The maximum absolute atomic E-state index is 11.7. The van der Waals surface area contributed by atoms with Crippen molar-refractivity contribution in [1.82, 2.24) is 0 Å². The summed E-state index contributed by atoms with van der Waals surface area (Å²) >= 11 is 0. The maximum Gasteiger partial charge on any atom is 0.221 e. The van der Waals surface area contributed by atoms with Crippen LogP contribution in [0.25, 0.3) is 11.0 Å². The van der Waals surface area contributed by atoms with Gasteiger partial charge >= 0.3 is 0 Å². The van der Waals surface area contributed by atoms with Crippen LogP contribution in [0.2, 0.25) is 0 Å². The summed E-state index contributed by atoms with van der Waals surface area (Å²) in [7, 11) is 0. The Balaban J connectivity index is 1.97. The summed E-state index contributed by atoms with van der Waals surface area (Å²) < 4.78 is 5.71. The van der Waals surface area contributed by atoms with Crippen molar-refractivity contribution in [2.75, 3.05) is 0 Å². The van der Waals surface area contributed by atoms with E-state index in [9.17, 15) is 4.79 Å². The molecule has 88 valence electrons. The van der Waals surface area contributed by atoms with Crippen molar-refractivity contribution in [3.63, 3.8) is 0 Å². The van der Waals surface area contributed by atoms with E-state index in [0.717, 1.165) is 23.5 Å². The second-order valence-electron chi connectivity index (χ2n) is 4.93. The van der Waals surface area contributed by atoms with Crippen molar-refractivity contribution >= 4 is 11.0 Å². The minimum absolute atomic E-state index is 0.0253. The molecule has 0 bridgehead atoms. The lowest BCUT2D eigenvalue weighted by Crippen LogP contribution is -1.97. The predicted molar refractivity (Wildman–Crippen MR) is 68.1 cm³/mol. The van der Waals surface area contributed by atoms with Crippen LogP contribution in [0.5, 0.6) is 0 Å². The molecule has 0 atom stereocenters. The average molecular weight is 228 g/mol. The van der Waals surface area contributed by atoms with Gasteiger partial charge in [-0.05, 0) is 18.1 Å². The zero-order valence-electron chi connectivity index (χ0n) is 9.82. The third kappa shape index (κ3) is 2.12. The monoisotopic (exact) mass is 228 g/mol. The normalized spacial score (nSPS) is 16.7. The topological polar surface area (TPSA) is 30.2 Å². The molecular weight excluding hydrogens is 212 g/mol. The summed E-state index contributed by atoms with van der Waals surface area (Å²) in [5.41, 5.74) is 0.477. The van der Waals surface area contributed by atoms with Gasteiger partial charge < -0.3 is 4.42 Å². The van der Waals surface area contributed by atoms with Gasteiger partial charge in [0.1, 0.15) is 5.76 Å². The molecule has 3 rings (SSSR count). The van der Waals surface area contributed by atoms with Crippen molar-refractivity contribution < 1.29 is 4.42 Å². The highest BCUT2D eigenvalue weighted by Gasteiger charge is 2.17. The van der Waals surface area contributed by atoms with Gasteiger partial charge in [-0.25, -0.2) is 0 Å². The van der Waals surface area contributed by atoms with Gasteiger partial charge in [0.05, 0.1) is 0 Å². The summed E-state index contributed by atoms with van der Waals surface area (Å²) in [5.74, 6) is 1.72. The smallest absolute Gasteiger partial charge is 0.221 e. The lowest BCUT2D eigenvalue weighted by Gasteiger charge is -2.04. The van der Waals surface area contributed by atoms with Crippen LogP contribution in [-0.4, -0.2) is 0 Å². The van der Waals surface area contributed by atoms with E-state index in [0.29, 0.717) is 5.58 Å². The fraction of sp³-hybridized carbons (Fsp3) is 0.400. The summed E-state index contributed by atoms with van der Waals surface area (Å²) in [6.07, 6.45) is 6.27. The molecule has 1 aromatic heterocycles. The molecule has 2 aromatic rings. The highest BCUT2D eigenvalue weighted by atomic mass is 16.3. The van der Waals surface area contributed by atoms with E-state index < -0.39 is 0 Å². The third-order valence-electron chi connectivity index (χ3n) is 3.63. The van der Waals surface area contributed by atoms with E-state index in [4.69, 9.17) is 4.42 Å². The molecule has 1 aliphatic carbocycles. The third-order valence-corrected chi connectivity index (χ3v) is 3.63. The fourth-order valence-electron chi connectivity index (χ4n) is 2.75. The molecule has 1 heterocycles. The van der Waals surface area contributed by atoms with Gasteiger partial charge in [0, 0.05) is 11.8 Å². The molecule has 1 saturated carbocycles. The Kier molecular flexibility index (Phi) is 2.71. The standard InChI is InChI=1S/C15H16O2/c16-14-8-4-3-7-12-10-13(17-15(12)14)9-11-5-1-2-6-11/h3-4,7-8,10-11H,1-2,5-6,9H2. The average Bonchev–Trinajstić information content (AvgIpc) is 2.92. The minimum atomic E-state index is -0.0253. The van der Waals surface area contributed by atoms with Crippen molar-refractivity contribution in [3.8, 4) is 0 Å². The Morgan fingerprint density at radius 3 is 2.76 bits per heavy atom. The van der Waals surface area contributed by atoms with Gasteiger partial charge in [-0.2, -0.15) is 0 Å². The summed E-state index contributed by atoms with van der Waals surface area (Å²) in [6.45, 7) is 0. The second-order valence-corrected chi connectivity index (χ2v) is 4.93. The number of rotatable bonds is 2. The van der Waals surface area contributed by atoms with Gasteiger partial charge in [-0.1, -0.05) is 43.9 Å². The molecule has 2 nitrogen and oxygen atoms in total. The Labute approximate surface area is 100 Å². The van der Waals surface area contributed by atoms with E-state index >= 15 is 0 Å². The van der Waals surface area contributed by atoms with Crippen LogP contribution < -0.4 is 5.43 Å². The fourth-order valence-corrected chi connectivity index (χ4v) is 2.75. The molecule has 2 heteroatoms. The molecule has 0 radical (unpaired) electrons. The van der Waals surface area contributed by atoms with Gasteiger partial charge in [0.25, 0.3) is 0 Å². The first-order valence-corrected chi connectivity index (χ1v) is 6.35. The molecular formula is C15H16O2. The first-order chi connectivity index (χ1) is 8.33. The zero-order valence-corrected chi connectivity index (χ0v) is 9.82. The maximum atomic E-state index is 11.7. The Hall–Kier alpha value is -1.57. The van der Waals surface area contributed by atoms with Crippen LogP contribution in [-0.2, 0) is 6.42 Å². The van der Waals surface area contributed by atoms with E-state index in [-0.39, 0.29) is 5.43 Å². The van der Waals surface area contributed by atoms with Crippen molar-refractivity contribution in [3.05, 3.63) is 46.3 Å². The molecule has 0 N–H and O–H groups in total. The van der Waals surface area contributed by atoms with Crippen LogP contribution >= 0.6 is 0 Å². The lowest BCUT2D eigenvalue weighted by molar-refractivity contribution is 0.462. The predicted octanol–water partition coefficient (Wildman–Crippen LogP) is 3.53. The molecule has 0 saturated heterocycles. The number of fused-ring (bicyclic) bond motifs is 1.